The number of aryl methyl sites for hydroxylation is 1. The van der Waals surface area contributed by atoms with E-state index in [0.717, 1.165) is 45.8 Å². The van der Waals surface area contributed by atoms with Crippen LogP contribution in [0.4, 0.5) is 17.5 Å². The normalized spacial score (nSPS) is 10.5. The van der Waals surface area contributed by atoms with Gasteiger partial charge in [0.2, 0.25) is 0 Å². The Hall–Kier alpha value is -16.6. The number of halogens is 5. The molecule has 0 unspecified atom stereocenters. The molecule has 0 radical (unpaired) electrons. The number of azide groups is 1. The minimum atomic E-state index is -1.09. The maximum absolute atomic E-state index is 11.6. The van der Waals surface area contributed by atoms with Crippen molar-refractivity contribution in [3.05, 3.63) is 248 Å². The zero-order valence-corrected chi connectivity index (χ0v) is 80.5. The molecule has 60 heteroatoms. The van der Waals surface area contributed by atoms with Crippen molar-refractivity contribution in [1.29, 1.82) is 0 Å². The highest BCUT2D eigenvalue weighted by Crippen LogP contribution is 2.18. The van der Waals surface area contributed by atoms with Gasteiger partial charge >= 0.3 is 35.8 Å². The highest BCUT2D eigenvalue weighted by Gasteiger charge is 2.20. The first-order valence-corrected chi connectivity index (χ1v) is 43.6. The molecule has 0 atom stereocenters. The summed E-state index contributed by atoms with van der Waals surface area (Å²) in [4.78, 5) is 110. The lowest BCUT2D eigenvalue weighted by molar-refractivity contribution is -0.140. The van der Waals surface area contributed by atoms with E-state index in [1.54, 1.807) is 147 Å². The highest BCUT2D eigenvalue weighted by molar-refractivity contribution is 6.35. The number of ether oxygens (including phenoxy) is 6. The topological polar surface area (TPSA) is 740 Å². The molecule has 1 aliphatic rings. The number of imidazole rings is 5. The number of carbonyl (C=O) groups is 8. The lowest BCUT2D eigenvalue weighted by Crippen LogP contribution is -3.00. The summed E-state index contributed by atoms with van der Waals surface area (Å²) in [6.07, 6.45) is 31.3. The molecule has 1 saturated heterocycles. The van der Waals surface area contributed by atoms with Crippen LogP contribution in [0, 0.1) is 12.3 Å². The third-order valence-electron chi connectivity index (χ3n) is 17.3. The fourth-order valence-electron chi connectivity index (χ4n) is 10.8. The Kier molecular flexibility index (Phi) is 49.7. The second-order valence-electron chi connectivity index (χ2n) is 27.1. The number of aliphatic hydroxyl groups excluding tert-OH is 4. The molecule has 0 amide bonds. The molecule has 17 heterocycles. The first-order valence-electron chi connectivity index (χ1n) is 41.4. The molecular formula is C83H92Cl5N36O19-. The average Bonchev–Trinajstić information content (AvgIpc) is 1.66. The zero-order chi connectivity index (χ0) is 103. The van der Waals surface area contributed by atoms with Crippen molar-refractivity contribution in [2.75, 3.05) is 75.7 Å². The first-order chi connectivity index (χ1) is 68.6. The lowest BCUT2D eigenvalue weighted by atomic mass is 10.2. The number of hydrogen-bond donors (Lipinski definition) is 8. The number of terminal acetylenes is 1. The van der Waals surface area contributed by atoms with Crippen LogP contribution in [-0.4, -0.2) is 280 Å². The number of fused-ring (bicyclic) bond motifs is 5. The van der Waals surface area contributed by atoms with Gasteiger partial charge in [0.1, 0.15) is 24.3 Å². The number of rotatable bonds is 26. The smallest absolute Gasteiger partial charge is 0.384 e. The number of carboxylic acids is 1. The van der Waals surface area contributed by atoms with Gasteiger partial charge in [-0.05, 0) is 93.7 Å². The Morgan fingerprint density at radius 3 is 1.08 bits per heavy atom. The third-order valence-corrected chi connectivity index (χ3v) is 18.5. The van der Waals surface area contributed by atoms with E-state index in [1.807, 2.05) is 18.3 Å². The molecule has 1 aliphatic heterocycles. The molecule has 55 nitrogen and oxygen atoms in total. The summed E-state index contributed by atoms with van der Waals surface area (Å²) in [5.74, 6) is -0.675. The lowest BCUT2D eigenvalue weighted by Gasteiger charge is -2.07. The van der Waals surface area contributed by atoms with Crippen LogP contribution < -0.4 is 29.6 Å². The van der Waals surface area contributed by atoms with Gasteiger partial charge in [0.25, 0.3) is 0 Å². The van der Waals surface area contributed by atoms with Gasteiger partial charge < -0.3 is 83.6 Å². The second kappa shape index (κ2) is 61.7. The number of alkyl halides is 4. The van der Waals surface area contributed by atoms with Crippen LogP contribution in [0.15, 0.2) is 153 Å². The number of ketones is 2. The van der Waals surface area contributed by atoms with Crippen molar-refractivity contribution < 1.29 is 105 Å². The van der Waals surface area contributed by atoms with Crippen LogP contribution in [0.5, 0.6) is 0 Å². The second-order valence-corrected chi connectivity index (χ2v) is 28.2. The minimum Gasteiger partial charge on any atom is -1.00 e. The molecular weight excluding hydrogens is 1980 g/mol. The molecule has 754 valence electrons. The number of aliphatic hydroxyl groups is 4. The SMILES string of the molecule is C#CC(=O)OCC.CCOC(=O)c1cn(Cc2cn3nccc(CC)c3n2)nn1.CCOC(=O)c1cn(Cc2cn3nccc(CCl)c3n2)nn1.CCOC(=O)c1cn(Cc2cn3nccc(CO)c3n2)nn1.COC(=O)c1ccnnc1N.Nc1nnccc1C(=O)O.Nc1nnccc1CO.O=C(CCl)CCl.O=C1COC1.OCc1ccnn2cc(CCl)nc12.[Cl-].[N-]=[N+]=NCc1cn2nccc(CO)c2n1. The summed E-state index contributed by atoms with van der Waals surface area (Å²) in [7, 11) is 1.28. The monoisotopic (exact) mass is 2070 g/mol. The van der Waals surface area contributed by atoms with Gasteiger partial charge in [0.05, 0.1) is 206 Å². The van der Waals surface area contributed by atoms with Gasteiger partial charge in [-0.2, -0.15) is 40.8 Å². The van der Waals surface area contributed by atoms with Gasteiger partial charge in [0.15, 0.2) is 74.3 Å². The predicted molar refractivity (Wildman–Crippen MR) is 501 cm³/mol. The highest BCUT2D eigenvalue weighted by atomic mass is 35.5. The number of hydrogen-bond acceptors (Lipinski definition) is 44. The van der Waals surface area contributed by atoms with E-state index in [2.05, 4.69) is 150 Å². The maximum atomic E-state index is 11.6. The molecule has 11 N–H and O–H groups in total. The first kappa shape index (κ1) is 115. The number of aromatic nitrogens is 30. The number of carboxylic acid groups (broad SMARTS) is 1. The van der Waals surface area contributed by atoms with Crippen molar-refractivity contribution in [1.82, 2.24) is 149 Å². The zero-order valence-electron chi connectivity index (χ0n) is 76.7. The number of anilines is 3. The number of methoxy groups -OCH3 is 1. The number of nitrogens with two attached hydrogens (primary N) is 3. The molecule has 17 rings (SSSR count). The van der Waals surface area contributed by atoms with Crippen LogP contribution in [0.1, 0.15) is 149 Å². The number of nitrogens with zero attached hydrogens (tertiary/aromatic N) is 33. The van der Waals surface area contributed by atoms with E-state index in [1.165, 1.54) is 59.6 Å². The minimum absolute atomic E-state index is 0. The van der Waals surface area contributed by atoms with E-state index in [-0.39, 0.29) is 115 Å². The fraction of sp³-hybridized carbons (Fsp3) is 0.301. The van der Waals surface area contributed by atoms with E-state index >= 15 is 0 Å². The molecule has 0 aliphatic carbocycles. The van der Waals surface area contributed by atoms with Crippen molar-refractivity contribution in [2.24, 2.45) is 5.11 Å². The van der Waals surface area contributed by atoms with Crippen LogP contribution >= 0.6 is 46.4 Å². The molecule has 0 spiro atoms. The number of Topliss-reactive ketones (excluding diaryl/α,β-unsaturated/α-hetero) is 2. The van der Waals surface area contributed by atoms with Gasteiger partial charge in [0, 0.05) is 69.6 Å². The Labute approximate surface area is 835 Å². The molecule has 143 heavy (non-hydrogen) atoms. The largest absolute Gasteiger partial charge is 1.00 e. The Morgan fingerprint density at radius 2 is 0.790 bits per heavy atom. The van der Waals surface area contributed by atoms with Crippen molar-refractivity contribution >= 4 is 139 Å². The Balaban J connectivity index is 0.000000247. The summed E-state index contributed by atoms with van der Waals surface area (Å²) in [5, 5.41) is 112. The molecule has 0 saturated carbocycles. The summed E-state index contributed by atoms with van der Waals surface area (Å²) >= 11 is 21.5. The molecule has 16 aromatic heterocycles. The van der Waals surface area contributed by atoms with Crippen molar-refractivity contribution in [3.63, 3.8) is 0 Å². The number of nitrogen functional groups attached to an aromatic ring is 3. The number of aromatic carboxylic acids is 1. The molecule has 1 fully saturated rings. The molecule has 0 bridgehead atoms. The summed E-state index contributed by atoms with van der Waals surface area (Å²) in [5.41, 5.74) is 36.5. The van der Waals surface area contributed by atoms with E-state index in [4.69, 9.17) is 104 Å². The summed E-state index contributed by atoms with van der Waals surface area (Å²) in [6, 6.07) is 13.3. The number of carbonyl (C=O) groups excluding carboxylic acids is 7. The quantitative estimate of drug-likeness (QED) is 0.00555. The van der Waals surface area contributed by atoms with Gasteiger partial charge in [-0.3, -0.25) is 9.59 Å². The van der Waals surface area contributed by atoms with Gasteiger partial charge in [-0.1, -0.05) is 27.7 Å². The summed E-state index contributed by atoms with van der Waals surface area (Å²) < 4.78 is 40.6. The molecule has 0 aromatic carbocycles. The maximum Gasteiger partial charge on any atom is 0.384 e. The number of esters is 5. The van der Waals surface area contributed by atoms with E-state index < -0.39 is 35.8 Å². The summed E-state index contributed by atoms with van der Waals surface area (Å²) in [6.45, 7) is 11.9. The van der Waals surface area contributed by atoms with Gasteiger partial charge in [-0.15, -0.1) is 83.4 Å². The standard InChI is InChI=1S/C14H16N6O2.C13H13ClN6O2.C13H14N6O3.C8H8ClN3O.C8H8N6O.C6H7N3O2.C5H5N3O2.C5H7N3O.C5H6O2.C3H4Cl2O.C3H4O2.ClH/c1-3-10-5-6-15-20-8-11(16-13(10)20)7-19-9-12(17-18-19)14(21)22-4-2;1-2-22-13(21)11-8-19(18-17-11)6-10-7-20-12(16-10)9(5-14)3-4-15-20;1-2-22-13(21)11-7-18(17-16-11)5-10-6-19-12(15-10)9(8-20)3-4-14-19;9-3-7-4-12-8(11-7)6(5-13)1-2-10-12;9-13-10-3-7-4-14-8(12-7)6(5-15)1-2-11-14;1-11-6(10)4-2-3-8-9-5(4)7;6-4-3(5(9)10)1-2-7-8-4;6-5-4(3-9)1-2-7-8-5;1-3-5(6)7-4-2;4-1-3(6)2-5;4-3-1-5-2-3;/h5-6,8-9H,3-4,7H2,1-2H3;3-4,7-8H,2,5-6H2,1H3;3-4,6-7,20H,2,5,8H2,1H3;1-2,4,13H,3,5H2;1-2,4,15H,3,5H2;2-3H,1H3,(H2,7,9);1-2H,(H2,6,8)(H,9,10);1-2,9H,3H2,(H2,6,8);1H,4H2,2H3;1-2H2;1-2H2;1H/p-1. The Morgan fingerprint density at radius 1 is 0.455 bits per heavy atom. The van der Waals surface area contributed by atoms with Crippen molar-refractivity contribution in [2.45, 2.75) is 105 Å². The molecule has 16 aromatic rings. The van der Waals surface area contributed by atoms with Crippen LogP contribution in [-0.2, 0) is 114 Å². The van der Waals surface area contributed by atoms with Crippen LogP contribution in [0.25, 0.3) is 38.7 Å². The van der Waals surface area contributed by atoms with Crippen LogP contribution in [0.2, 0.25) is 0 Å². The van der Waals surface area contributed by atoms with Gasteiger partial charge in [-0.25, -0.2) is 90.3 Å². The fourth-order valence-corrected chi connectivity index (χ4v) is 11.4. The van der Waals surface area contributed by atoms with E-state index in [0.29, 0.717) is 121 Å². The average molecular weight is 2080 g/mol. The van der Waals surface area contributed by atoms with Crippen LogP contribution in [0.3, 0.4) is 0 Å². The van der Waals surface area contributed by atoms with Crippen molar-refractivity contribution in [3.8, 4) is 12.3 Å². The third kappa shape index (κ3) is 36.3. The predicted octanol–water partition coefficient (Wildman–Crippen LogP) is 1.38. The van der Waals surface area contributed by atoms with E-state index in [9.17, 15) is 43.5 Å². The Bertz CT molecular complexity index is 6580.